The van der Waals surface area contributed by atoms with Gasteiger partial charge in [0.15, 0.2) is 0 Å². The molecular formula is C9H13NO2. The molecule has 3 heteroatoms. The fraction of sp³-hybridized carbons (Fsp3) is 0.444. The summed E-state index contributed by atoms with van der Waals surface area (Å²) in [4.78, 5) is 0. The lowest BCUT2D eigenvalue weighted by molar-refractivity contribution is 0.125. The molecule has 0 bridgehead atoms. The van der Waals surface area contributed by atoms with Gasteiger partial charge in [-0.2, -0.15) is 0 Å². The lowest BCUT2D eigenvalue weighted by Gasteiger charge is -2.20. The summed E-state index contributed by atoms with van der Waals surface area (Å²) in [5.41, 5.74) is 0.847. The predicted octanol–water partition coefficient (Wildman–Crippen LogP) is 0.756. The molecule has 1 aliphatic carbocycles. The standard InChI is InChI=1S/C9H13NO2/c1-12-9-4-7(6-11)2-3-8(9)5-10/h2-5,8-11H,6H2,1H3/t8-,9-/m1/s1. The van der Waals surface area contributed by atoms with Gasteiger partial charge in [0, 0.05) is 19.2 Å². The van der Waals surface area contributed by atoms with Gasteiger partial charge in [-0.3, -0.25) is 0 Å². The predicted molar refractivity (Wildman–Crippen MR) is 47.4 cm³/mol. The summed E-state index contributed by atoms with van der Waals surface area (Å²) in [6, 6.07) is 0. The van der Waals surface area contributed by atoms with Crippen molar-refractivity contribution < 1.29 is 9.84 Å². The molecule has 2 N–H and O–H groups in total. The number of methoxy groups -OCH3 is 1. The second-order valence-corrected chi connectivity index (χ2v) is 2.70. The average Bonchev–Trinajstić information content (AvgIpc) is 2.16. The molecule has 0 spiro atoms. The van der Waals surface area contributed by atoms with Crippen molar-refractivity contribution in [2.75, 3.05) is 13.7 Å². The van der Waals surface area contributed by atoms with Crippen molar-refractivity contribution in [3.8, 4) is 0 Å². The van der Waals surface area contributed by atoms with Crippen molar-refractivity contribution >= 4 is 6.21 Å². The van der Waals surface area contributed by atoms with Crippen molar-refractivity contribution in [3.05, 3.63) is 23.8 Å². The second-order valence-electron chi connectivity index (χ2n) is 2.70. The maximum absolute atomic E-state index is 8.83. The first-order valence-electron chi connectivity index (χ1n) is 3.85. The van der Waals surface area contributed by atoms with Crippen LogP contribution in [-0.2, 0) is 4.74 Å². The van der Waals surface area contributed by atoms with Gasteiger partial charge in [-0.15, -0.1) is 0 Å². The summed E-state index contributed by atoms with van der Waals surface area (Å²) in [5.74, 6) is 0.00491. The summed E-state index contributed by atoms with van der Waals surface area (Å²) in [6.07, 6.45) is 6.78. The number of hydrogen-bond donors (Lipinski definition) is 2. The van der Waals surface area contributed by atoms with Gasteiger partial charge in [0.2, 0.25) is 0 Å². The van der Waals surface area contributed by atoms with E-state index < -0.39 is 0 Å². The highest BCUT2D eigenvalue weighted by atomic mass is 16.5. The van der Waals surface area contributed by atoms with Gasteiger partial charge in [0.1, 0.15) is 0 Å². The second kappa shape index (κ2) is 4.18. The van der Waals surface area contributed by atoms with E-state index in [1.807, 2.05) is 18.2 Å². The van der Waals surface area contributed by atoms with E-state index in [9.17, 15) is 0 Å². The summed E-state index contributed by atoms with van der Waals surface area (Å²) in [6.45, 7) is 0.0288. The lowest BCUT2D eigenvalue weighted by Crippen LogP contribution is -2.23. The zero-order chi connectivity index (χ0) is 8.97. The molecule has 0 saturated heterocycles. The molecule has 0 amide bonds. The van der Waals surface area contributed by atoms with Gasteiger partial charge in [-0.05, 0) is 11.6 Å². The Morgan fingerprint density at radius 2 is 2.50 bits per heavy atom. The molecule has 2 atom stereocenters. The largest absolute Gasteiger partial charge is 0.392 e. The van der Waals surface area contributed by atoms with E-state index in [1.54, 1.807) is 7.11 Å². The minimum atomic E-state index is -0.102. The van der Waals surface area contributed by atoms with Gasteiger partial charge in [0.05, 0.1) is 12.7 Å². The fourth-order valence-electron chi connectivity index (χ4n) is 1.20. The maximum atomic E-state index is 8.83. The van der Waals surface area contributed by atoms with Crippen LogP contribution in [0.3, 0.4) is 0 Å². The summed E-state index contributed by atoms with van der Waals surface area (Å²) in [7, 11) is 1.60. The summed E-state index contributed by atoms with van der Waals surface area (Å²) in [5, 5.41) is 15.9. The van der Waals surface area contributed by atoms with Crippen LogP contribution in [0.15, 0.2) is 23.8 Å². The highest BCUT2D eigenvalue weighted by molar-refractivity contribution is 5.62. The molecule has 66 valence electrons. The number of nitrogens with one attached hydrogen (secondary N) is 1. The first-order valence-corrected chi connectivity index (χ1v) is 3.85. The Morgan fingerprint density at radius 1 is 1.75 bits per heavy atom. The highest BCUT2D eigenvalue weighted by Crippen LogP contribution is 2.17. The number of hydrogen-bond acceptors (Lipinski definition) is 3. The van der Waals surface area contributed by atoms with Crippen molar-refractivity contribution in [1.82, 2.24) is 0 Å². The Morgan fingerprint density at radius 3 is 3.00 bits per heavy atom. The average molecular weight is 167 g/mol. The molecule has 12 heavy (non-hydrogen) atoms. The Kier molecular flexibility index (Phi) is 3.19. The Bertz CT molecular complexity index is 221. The third kappa shape index (κ3) is 1.81. The SMILES string of the molecule is CO[C@@H]1C=C(CO)C=C[C@@H]1C=N. The lowest BCUT2D eigenvalue weighted by atomic mass is 9.95. The van der Waals surface area contributed by atoms with Gasteiger partial charge in [-0.25, -0.2) is 0 Å². The van der Waals surface area contributed by atoms with E-state index in [-0.39, 0.29) is 18.6 Å². The molecule has 0 radical (unpaired) electrons. The molecule has 0 aromatic rings. The summed E-state index contributed by atoms with van der Waals surface area (Å²) < 4.78 is 5.14. The van der Waals surface area contributed by atoms with E-state index >= 15 is 0 Å². The Hall–Kier alpha value is -0.930. The maximum Gasteiger partial charge on any atom is 0.0870 e. The zero-order valence-electron chi connectivity index (χ0n) is 7.03. The topological polar surface area (TPSA) is 53.3 Å². The third-order valence-electron chi connectivity index (χ3n) is 1.94. The van der Waals surface area contributed by atoms with Gasteiger partial charge < -0.3 is 15.3 Å². The molecule has 0 fully saturated rings. The Labute approximate surface area is 71.9 Å². The molecule has 0 aromatic carbocycles. The van der Waals surface area contributed by atoms with E-state index in [0.29, 0.717) is 0 Å². The first kappa shape index (κ1) is 9.16. The van der Waals surface area contributed by atoms with Crippen LogP contribution in [0.1, 0.15) is 0 Å². The van der Waals surface area contributed by atoms with Crippen molar-refractivity contribution in [1.29, 1.82) is 5.41 Å². The van der Waals surface area contributed by atoms with E-state index in [2.05, 4.69) is 0 Å². The van der Waals surface area contributed by atoms with E-state index in [1.165, 1.54) is 6.21 Å². The molecule has 0 heterocycles. The third-order valence-corrected chi connectivity index (χ3v) is 1.94. The fourth-order valence-corrected chi connectivity index (χ4v) is 1.20. The normalized spacial score (nSPS) is 28.3. The molecular weight excluding hydrogens is 154 g/mol. The molecule has 0 unspecified atom stereocenters. The smallest absolute Gasteiger partial charge is 0.0870 e. The zero-order valence-corrected chi connectivity index (χ0v) is 7.03. The number of ether oxygens (including phenoxy) is 1. The molecule has 0 aliphatic heterocycles. The molecule has 1 aliphatic rings. The van der Waals surface area contributed by atoms with Crippen molar-refractivity contribution in [3.63, 3.8) is 0 Å². The minimum absolute atomic E-state index is 0.00491. The van der Waals surface area contributed by atoms with Crippen LogP contribution in [0.5, 0.6) is 0 Å². The Balaban J connectivity index is 2.73. The van der Waals surface area contributed by atoms with E-state index in [4.69, 9.17) is 15.3 Å². The van der Waals surface area contributed by atoms with Crippen LogP contribution < -0.4 is 0 Å². The highest BCUT2D eigenvalue weighted by Gasteiger charge is 2.17. The molecule has 0 aromatic heterocycles. The number of rotatable bonds is 3. The van der Waals surface area contributed by atoms with Gasteiger partial charge in [-0.1, -0.05) is 12.2 Å². The van der Waals surface area contributed by atoms with Crippen LogP contribution in [0.25, 0.3) is 0 Å². The van der Waals surface area contributed by atoms with Crippen LogP contribution in [-0.4, -0.2) is 31.1 Å². The number of aliphatic hydroxyl groups is 1. The van der Waals surface area contributed by atoms with Crippen LogP contribution in [0.4, 0.5) is 0 Å². The number of aliphatic hydroxyl groups excluding tert-OH is 1. The van der Waals surface area contributed by atoms with Crippen LogP contribution in [0.2, 0.25) is 0 Å². The first-order chi connectivity index (χ1) is 5.81. The van der Waals surface area contributed by atoms with Crippen LogP contribution in [0, 0.1) is 11.3 Å². The molecule has 0 saturated carbocycles. The van der Waals surface area contributed by atoms with E-state index in [0.717, 1.165) is 5.57 Å². The molecule has 1 rings (SSSR count). The quantitative estimate of drug-likeness (QED) is 0.609. The van der Waals surface area contributed by atoms with Gasteiger partial charge >= 0.3 is 0 Å². The summed E-state index contributed by atoms with van der Waals surface area (Å²) >= 11 is 0. The van der Waals surface area contributed by atoms with Crippen molar-refractivity contribution in [2.45, 2.75) is 6.10 Å². The minimum Gasteiger partial charge on any atom is -0.392 e. The van der Waals surface area contributed by atoms with Gasteiger partial charge in [0.25, 0.3) is 0 Å². The molecule has 3 nitrogen and oxygen atoms in total. The van der Waals surface area contributed by atoms with Crippen LogP contribution >= 0.6 is 0 Å². The van der Waals surface area contributed by atoms with Crippen molar-refractivity contribution in [2.24, 2.45) is 5.92 Å². The monoisotopic (exact) mass is 167 g/mol.